The zero-order chi connectivity index (χ0) is 20.0. The second-order valence-corrected chi connectivity index (χ2v) is 6.77. The van der Waals surface area contributed by atoms with Crippen LogP contribution in [-0.4, -0.2) is 33.4 Å². The molecular formula is C16H13F3N2O5S. The Bertz CT molecular complexity index is 946. The molecule has 0 saturated carbocycles. The van der Waals surface area contributed by atoms with E-state index in [1.54, 1.807) is 4.72 Å². The molecule has 1 amide bonds. The van der Waals surface area contributed by atoms with Crippen molar-refractivity contribution < 1.29 is 35.9 Å². The average molecular weight is 402 g/mol. The van der Waals surface area contributed by atoms with Crippen LogP contribution in [0, 0.1) is 17.5 Å². The Kier molecular flexibility index (Phi) is 6.53. The minimum atomic E-state index is -4.66. The topological polar surface area (TPSA) is 102 Å². The Morgan fingerprint density at radius 1 is 0.926 bits per heavy atom. The Balaban J connectivity index is 1.87. The van der Waals surface area contributed by atoms with Crippen molar-refractivity contribution >= 4 is 27.6 Å². The molecule has 0 aliphatic carbocycles. The maximum Gasteiger partial charge on any atom is 0.321 e. The molecule has 2 N–H and O–H groups in total. The van der Waals surface area contributed by atoms with Crippen molar-refractivity contribution in [2.24, 2.45) is 0 Å². The van der Waals surface area contributed by atoms with Crippen LogP contribution >= 0.6 is 0 Å². The highest BCUT2D eigenvalue weighted by Gasteiger charge is 2.24. The largest absolute Gasteiger partial charge is 0.455 e. The molecule has 0 heterocycles. The van der Waals surface area contributed by atoms with E-state index in [1.165, 1.54) is 18.2 Å². The third-order valence-corrected chi connectivity index (χ3v) is 4.56. The van der Waals surface area contributed by atoms with Gasteiger partial charge in [0.05, 0.1) is 5.69 Å². The molecule has 2 aromatic carbocycles. The number of sulfonamides is 1. The van der Waals surface area contributed by atoms with E-state index in [-0.39, 0.29) is 5.69 Å². The van der Waals surface area contributed by atoms with Crippen molar-refractivity contribution in [3.05, 3.63) is 59.9 Å². The van der Waals surface area contributed by atoms with Crippen LogP contribution in [0.2, 0.25) is 0 Å². The lowest BCUT2D eigenvalue weighted by molar-refractivity contribution is -0.146. The van der Waals surface area contributed by atoms with Crippen LogP contribution in [0.4, 0.5) is 18.9 Å². The summed E-state index contributed by atoms with van der Waals surface area (Å²) >= 11 is 0. The van der Waals surface area contributed by atoms with Gasteiger partial charge in [-0.1, -0.05) is 18.2 Å². The predicted octanol–water partition coefficient (Wildman–Crippen LogP) is 1.56. The highest BCUT2D eigenvalue weighted by atomic mass is 32.2. The Hall–Kier alpha value is -2.92. The molecule has 144 valence electrons. The molecule has 7 nitrogen and oxygen atoms in total. The Morgan fingerprint density at radius 2 is 1.52 bits per heavy atom. The molecule has 11 heteroatoms. The first-order valence-corrected chi connectivity index (χ1v) is 8.82. The van der Waals surface area contributed by atoms with E-state index in [2.05, 4.69) is 10.1 Å². The molecule has 0 saturated heterocycles. The molecule has 2 aromatic rings. The monoisotopic (exact) mass is 402 g/mol. The Labute approximate surface area is 152 Å². The van der Waals surface area contributed by atoms with E-state index in [9.17, 15) is 31.2 Å². The molecule has 2 rings (SSSR count). The van der Waals surface area contributed by atoms with Gasteiger partial charge in [0.15, 0.2) is 11.5 Å². The quantitative estimate of drug-likeness (QED) is 0.685. The minimum absolute atomic E-state index is 0.130. The van der Waals surface area contributed by atoms with Crippen LogP contribution in [0.5, 0.6) is 0 Å². The number of halogens is 3. The number of benzene rings is 2. The van der Waals surface area contributed by atoms with Gasteiger partial charge in [0.25, 0.3) is 5.91 Å². The molecule has 27 heavy (non-hydrogen) atoms. The second-order valence-electron chi connectivity index (χ2n) is 5.06. The summed E-state index contributed by atoms with van der Waals surface area (Å²) in [5, 5.41) is 2.15. The van der Waals surface area contributed by atoms with Crippen LogP contribution in [0.1, 0.15) is 0 Å². The molecule has 0 fully saturated rings. The lowest BCUT2D eigenvalue weighted by atomic mass is 10.3. The van der Waals surface area contributed by atoms with Crippen molar-refractivity contribution in [1.29, 1.82) is 0 Å². The fourth-order valence-corrected chi connectivity index (χ4v) is 3.01. The molecule has 0 radical (unpaired) electrons. The number of para-hydroxylation sites is 1. The molecular weight excluding hydrogens is 389 g/mol. The summed E-state index contributed by atoms with van der Waals surface area (Å²) in [7, 11) is -4.66. The number of esters is 1. The summed E-state index contributed by atoms with van der Waals surface area (Å²) in [5.74, 6) is -5.41. The number of hydrogen-bond donors (Lipinski definition) is 2. The van der Waals surface area contributed by atoms with Crippen molar-refractivity contribution in [3.63, 3.8) is 0 Å². The zero-order valence-electron chi connectivity index (χ0n) is 13.5. The van der Waals surface area contributed by atoms with Crippen LogP contribution in [0.25, 0.3) is 0 Å². The molecule has 0 atom stereocenters. The fourth-order valence-electron chi connectivity index (χ4n) is 1.91. The van der Waals surface area contributed by atoms with Gasteiger partial charge in [-0.15, -0.1) is 0 Å². The number of amides is 1. The van der Waals surface area contributed by atoms with Crippen molar-refractivity contribution in [3.8, 4) is 0 Å². The SMILES string of the molecule is O=C(COC(=O)CNS(=O)(=O)c1c(F)cccc1F)Nc1ccccc1F. The number of nitrogens with one attached hydrogen (secondary N) is 2. The smallest absolute Gasteiger partial charge is 0.321 e. The van der Waals surface area contributed by atoms with Crippen LogP contribution < -0.4 is 10.0 Å². The zero-order valence-corrected chi connectivity index (χ0v) is 14.4. The molecule has 0 aliphatic heterocycles. The summed E-state index contributed by atoms with van der Waals surface area (Å²) in [6.07, 6.45) is 0. The number of anilines is 1. The van der Waals surface area contributed by atoms with E-state index in [0.717, 1.165) is 24.3 Å². The third kappa shape index (κ3) is 5.53. The number of hydrogen-bond acceptors (Lipinski definition) is 5. The first kappa shape index (κ1) is 20.4. The van der Waals surface area contributed by atoms with Gasteiger partial charge in [-0.2, -0.15) is 4.72 Å². The van der Waals surface area contributed by atoms with Crippen LogP contribution in [0.15, 0.2) is 47.4 Å². The summed E-state index contributed by atoms with van der Waals surface area (Å²) in [4.78, 5) is 21.9. The van der Waals surface area contributed by atoms with Crippen LogP contribution in [0.3, 0.4) is 0 Å². The van der Waals surface area contributed by atoms with Gasteiger partial charge in [0.2, 0.25) is 10.0 Å². The van der Waals surface area contributed by atoms with Crippen LogP contribution in [-0.2, 0) is 24.3 Å². The summed E-state index contributed by atoms with van der Waals surface area (Å²) < 4.78 is 70.3. The van der Waals surface area contributed by atoms with Gasteiger partial charge in [0.1, 0.15) is 24.0 Å². The minimum Gasteiger partial charge on any atom is -0.455 e. The van der Waals surface area contributed by atoms with Gasteiger partial charge in [-0.05, 0) is 24.3 Å². The molecule has 0 spiro atoms. The second kappa shape index (κ2) is 8.64. The molecule has 0 unspecified atom stereocenters. The standard InChI is InChI=1S/C16H13F3N2O5S/c17-10-4-1-2-7-13(10)21-14(22)9-26-15(23)8-20-27(24,25)16-11(18)5-3-6-12(16)19/h1-7,20H,8-9H2,(H,21,22). The van der Waals surface area contributed by atoms with Gasteiger partial charge in [0, 0.05) is 0 Å². The molecule has 0 bridgehead atoms. The maximum absolute atomic E-state index is 13.5. The number of carbonyl (C=O) groups excluding carboxylic acids is 2. The lowest BCUT2D eigenvalue weighted by Gasteiger charge is -2.09. The first-order valence-electron chi connectivity index (χ1n) is 7.34. The summed E-state index contributed by atoms with van der Waals surface area (Å²) in [6.45, 7) is -1.79. The Morgan fingerprint density at radius 3 is 2.15 bits per heavy atom. The normalized spacial score (nSPS) is 11.1. The van der Waals surface area contributed by atoms with E-state index in [1.807, 2.05) is 0 Å². The highest BCUT2D eigenvalue weighted by Crippen LogP contribution is 2.17. The van der Waals surface area contributed by atoms with E-state index in [4.69, 9.17) is 0 Å². The summed E-state index contributed by atoms with van der Waals surface area (Å²) in [6, 6.07) is 7.74. The number of carbonyl (C=O) groups is 2. The highest BCUT2D eigenvalue weighted by molar-refractivity contribution is 7.89. The number of ether oxygens (including phenoxy) is 1. The van der Waals surface area contributed by atoms with Crippen molar-refractivity contribution in [1.82, 2.24) is 4.72 Å². The average Bonchev–Trinajstić information content (AvgIpc) is 2.60. The van der Waals surface area contributed by atoms with Crippen molar-refractivity contribution in [2.45, 2.75) is 4.90 Å². The molecule has 0 aliphatic rings. The predicted molar refractivity (Wildman–Crippen MR) is 87.5 cm³/mol. The number of rotatable bonds is 7. The van der Waals surface area contributed by atoms with Gasteiger partial charge >= 0.3 is 5.97 Å². The van der Waals surface area contributed by atoms with E-state index < -0.39 is 57.4 Å². The maximum atomic E-state index is 13.5. The summed E-state index contributed by atoms with van der Waals surface area (Å²) in [5.41, 5.74) is -0.130. The van der Waals surface area contributed by atoms with Gasteiger partial charge in [-0.25, -0.2) is 21.6 Å². The van der Waals surface area contributed by atoms with E-state index in [0.29, 0.717) is 0 Å². The van der Waals surface area contributed by atoms with Crippen molar-refractivity contribution in [2.75, 3.05) is 18.5 Å². The van der Waals surface area contributed by atoms with Gasteiger partial charge < -0.3 is 10.1 Å². The van der Waals surface area contributed by atoms with E-state index >= 15 is 0 Å². The van der Waals surface area contributed by atoms with Gasteiger partial charge in [-0.3, -0.25) is 9.59 Å². The first-order chi connectivity index (χ1) is 12.7. The lowest BCUT2D eigenvalue weighted by Crippen LogP contribution is -2.33. The third-order valence-electron chi connectivity index (χ3n) is 3.11. The molecule has 0 aromatic heterocycles. The fraction of sp³-hybridized carbons (Fsp3) is 0.125.